The Kier molecular flexibility index (Phi) is 8.85. The standard InChI is InChI=1S/C26H30F6O/c1-2-3-4-5-17-6-8-19(9-7-17)20-10-11-21(22(27)16-20)26(31,32)33-13-12-18-14-23(28)25(30)24(29)15-18/h10-11,14-17,19H,2-9,12-13H2,1H3. The first-order chi connectivity index (χ1) is 15.7. The third-order valence-corrected chi connectivity index (χ3v) is 6.56. The summed E-state index contributed by atoms with van der Waals surface area (Å²) < 4.78 is 87.5. The van der Waals surface area contributed by atoms with Gasteiger partial charge in [-0.3, -0.25) is 0 Å². The van der Waals surface area contributed by atoms with E-state index in [1.165, 1.54) is 37.8 Å². The molecule has 0 aliphatic heterocycles. The van der Waals surface area contributed by atoms with Crippen LogP contribution in [0.1, 0.15) is 80.9 Å². The zero-order chi connectivity index (χ0) is 24.0. The Labute approximate surface area is 191 Å². The molecular weight excluding hydrogens is 442 g/mol. The Morgan fingerprint density at radius 3 is 2.15 bits per heavy atom. The van der Waals surface area contributed by atoms with Crippen LogP contribution in [-0.4, -0.2) is 6.61 Å². The Hall–Kier alpha value is -2.02. The van der Waals surface area contributed by atoms with Gasteiger partial charge in [0.15, 0.2) is 17.5 Å². The Bertz CT molecular complexity index is 898. The molecule has 0 heterocycles. The molecule has 0 N–H and O–H groups in total. The van der Waals surface area contributed by atoms with Crippen LogP contribution in [0, 0.1) is 29.2 Å². The lowest BCUT2D eigenvalue weighted by molar-refractivity contribution is -0.249. The van der Waals surface area contributed by atoms with E-state index in [0.717, 1.165) is 37.3 Å². The largest absolute Gasteiger partial charge is 0.386 e. The normalized spacial score (nSPS) is 19.1. The molecule has 1 aliphatic carbocycles. The highest BCUT2D eigenvalue weighted by molar-refractivity contribution is 5.29. The summed E-state index contributed by atoms with van der Waals surface area (Å²) >= 11 is 0. The third kappa shape index (κ3) is 6.75. The fraction of sp³-hybridized carbons (Fsp3) is 0.538. The fourth-order valence-corrected chi connectivity index (χ4v) is 4.62. The molecule has 0 aromatic heterocycles. The van der Waals surface area contributed by atoms with Crippen LogP contribution in [-0.2, 0) is 17.3 Å². The lowest BCUT2D eigenvalue weighted by Gasteiger charge is -2.29. The van der Waals surface area contributed by atoms with Crippen molar-refractivity contribution in [1.82, 2.24) is 0 Å². The van der Waals surface area contributed by atoms with Gasteiger partial charge in [0.2, 0.25) is 0 Å². The molecule has 33 heavy (non-hydrogen) atoms. The highest BCUT2D eigenvalue weighted by atomic mass is 19.3. The van der Waals surface area contributed by atoms with E-state index in [2.05, 4.69) is 11.7 Å². The highest BCUT2D eigenvalue weighted by Crippen LogP contribution is 2.39. The van der Waals surface area contributed by atoms with Crippen LogP contribution < -0.4 is 0 Å². The fourth-order valence-electron chi connectivity index (χ4n) is 4.62. The lowest BCUT2D eigenvalue weighted by atomic mass is 9.77. The SMILES string of the molecule is CCCCCC1CCC(c2ccc(C(F)(F)OCCc3cc(F)c(F)c(F)c3)c(F)c2)CC1. The summed E-state index contributed by atoms with van der Waals surface area (Å²) in [6.07, 6.45) is 4.68. The molecule has 0 bridgehead atoms. The molecule has 1 saturated carbocycles. The molecule has 2 aromatic carbocycles. The van der Waals surface area contributed by atoms with Gasteiger partial charge in [0.1, 0.15) is 5.82 Å². The van der Waals surface area contributed by atoms with Crippen molar-refractivity contribution < 1.29 is 31.1 Å². The minimum Gasteiger partial charge on any atom is -0.316 e. The van der Waals surface area contributed by atoms with Gasteiger partial charge in [0.25, 0.3) is 0 Å². The number of hydrogen-bond donors (Lipinski definition) is 0. The average molecular weight is 473 g/mol. The van der Waals surface area contributed by atoms with E-state index in [1.54, 1.807) is 0 Å². The first-order valence-corrected chi connectivity index (χ1v) is 11.7. The van der Waals surface area contributed by atoms with Crippen LogP contribution in [0.5, 0.6) is 0 Å². The third-order valence-electron chi connectivity index (χ3n) is 6.56. The predicted octanol–water partition coefficient (Wildman–Crippen LogP) is 8.41. The molecule has 0 unspecified atom stereocenters. The van der Waals surface area contributed by atoms with Crippen molar-refractivity contribution in [2.75, 3.05) is 6.61 Å². The lowest BCUT2D eigenvalue weighted by Crippen LogP contribution is -2.22. The van der Waals surface area contributed by atoms with E-state index in [4.69, 9.17) is 0 Å². The summed E-state index contributed by atoms with van der Waals surface area (Å²) in [6, 6.07) is 5.18. The first kappa shape index (κ1) is 25.6. The summed E-state index contributed by atoms with van der Waals surface area (Å²) in [6.45, 7) is 1.55. The monoisotopic (exact) mass is 472 g/mol. The van der Waals surface area contributed by atoms with Gasteiger partial charge in [-0.15, -0.1) is 0 Å². The highest BCUT2D eigenvalue weighted by Gasteiger charge is 2.36. The van der Waals surface area contributed by atoms with Crippen LogP contribution in [0.2, 0.25) is 0 Å². The quantitative estimate of drug-likeness (QED) is 0.192. The second kappa shape index (κ2) is 11.4. The van der Waals surface area contributed by atoms with Gasteiger partial charge < -0.3 is 4.74 Å². The molecule has 1 fully saturated rings. The number of halogens is 6. The second-order valence-electron chi connectivity index (χ2n) is 8.94. The van der Waals surface area contributed by atoms with E-state index >= 15 is 0 Å². The molecule has 2 aromatic rings. The molecule has 7 heteroatoms. The molecule has 1 nitrogen and oxygen atoms in total. The molecular formula is C26H30F6O. The van der Waals surface area contributed by atoms with Crippen LogP contribution in [0.15, 0.2) is 30.3 Å². The van der Waals surface area contributed by atoms with Gasteiger partial charge in [-0.1, -0.05) is 38.7 Å². The van der Waals surface area contributed by atoms with Gasteiger partial charge in [0.05, 0.1) is 12.2 Å². The van der Waals surface area contributed by atoms with Crippen molar-refractivity contribution in [2.24, 2.45) is 5.92 Å². The van der Waals surface area contributed by atoms with Crippen LogP contribution in [0.3, 0.4) is 0 Å². The van der Waals surface area contributed by atoms with Crippen LogP contribution in [0.25, 0.3) is 0 Å². The summed E-state index contributed by atoms with van der Waals surface area (Å²) in [5.41, 5.74) is -0.199. The van der Waals surface area contributed by atoms with Gasteiger partial charge >= 0.3 is 6.11 Å². The van der Waals surface area contributed by atoms with Crippen molar-refractivity contribution in [1.29, 1.82) is 0 Å². The van der Waals surface area contributed by atoms with Crippen molar-refractivity contribution in [3.63, 3.8) is 0 Å². The Balaban J connectivity index is 1.56. The van der Waals surface area contributed by atoms with Crippen molar-refractivity contribution in [3.05, 3.63) is 70.3 Å². The van der Waals surface area contributed by atoms with Crippen LogP contribution >= 0.6 is 0 Å². The maximum atomic E-state index is 14.6. The Morgan fingerprint density at radius 1 is 0.879 bits per heavy atom. The smallest absolute Gasteiger partial charge is 0.316 e. The van der Waals surface area contributed by atoms with Crippen LogP contribution in [0.4, 0.5) is 26.3 Å². The molecule has 182 valence electrons. The van der Waals surface area contributed by atoms with E-state index < -0.39 is 41.5 Å². The minimum absolute atomic E-state index is 0.0386. The minimum atomic E-state index is -3.91. The second-order valence-corrected chi connectivity index (χ2v) is 8.94. The summed E-state index contributed by atoms with van der Waals surface area (Å²) in [4.78, 5) is 0. The van der Waals surface area contributed by atoms with Crippen molar-refractivity contribution in [3.8, 4) is 0 Å². The zero-order valence-corrected chi connectivity index (χ0v) is 18.8. The average Bonchev–Trinajstić information content (AvgIpc) is 2.77. The van der Waals surface area contributed by atoms with Crippen molar-refractivity contribution in [2.45, 2.75) is 76.7 Å². The Morgan fingerprint density at radius 2 is 1.55 bits per heavy atom. The molecule has 0 atom stereocenters. The summed E-state index contributed by atoms with van der Waals surface area (Å²) in [7, 11) is 0. The maximum absolute atomic E-state index is 14.6. The van der Waals surface area contributed by atoms with E-state index in [9.17, 15) is 26.3 Å². The summed E-state index contributed by atoms with van der Waals surface area (Å²) in [5.74, 6) is -4.63. The summed E-state index contributed by atoms with van der Waals surface area (Å²) in [5, 5.41) is 0. The van der Waals surface area contributed by atoms with Gasteiger partial charge in [0, 0.05) is 0 Å². The van der Waals surface area contributed by atoms with Crippen molar-refractivity contribution >= 4 is 0 Å². The molecule has 1 aliphatic rings. The number of unbranched alkanes of at least 4 members (excludes halogenated alkanes) is 2. The van der Waals surface area contributed by atoms with Gasteiger partial charge in [-0.05, 0) is 79.3 Å². The zero-order valence-electron chi connectivity index (χ0n) is 18.8. The molecule has 0 spiro atoms. The molecule has 0 radical (unpaired) electrons. The molecule has 0 saturated heterocycles. The number of ether oxygens (including phenoxy) is 1. The number of hydrogen-bond acceptors (Lipinski definition) is 1. The van der Waals surface area contributed by atoms with E-state index in [0.29, 0.717) is 18.1 Å². The van der Waals surface area contributed by atoms with E-state index in [-0.39, 0.29) is 17.9 Å². The molecule has 0 amide bonds. The first-order valence-electron chi connectivity index (χ1n) is 11.7. The topological polar surface area (TPSA) is 9.23 Å². The van der Waals surface area contributed by atoms with E-state index in [1.807, 2.05) is 0 Å². The molecule has 3 rings (SSSR count). The predicted molar refractivity (Wildman–Crippen MR) is 115 cm³/mol. The van der Waals surface area contributed by atoms with Gasteiger partial charge in [-0.2, -0.15) is 8.78 Å². The van der Waals surface area contributed by atoms with Gasteiger partial charge in [-0.25, -0.2) is 17.6 Å². The number of alkyl halides is 2. The maximum Gasteiger partial charge on any atom is 0.386 e. The number of benzene rings is 2. The number of rotatable bonds is 10.